The zero-order valence-corrected chi connectivity index (χ0v) is 17.5. The van der Waals surface area contributed by atoms with Crippen LogP contribution in [0.5, 0.6) is 5.75 Å². The van der Waals surface area contributed by atoms with Crippen LogP contribution in [0.25, 0.3) is 0 Å². The summed E-state index contributed by atoms with van der Waals surface area (Å²) in [4.78, 5) is 25.1. The number of aliphatic hydroxyl groups is 1. The number of para-hydroxylation sites is 1. The maximum Gasteiger partial charge on any atom is 0.351 e. The highest BCUT2D eigenvalue weighted by Gasteiger charge is 2.40. The molecule has 0 fully saturated rings. The van der Waals surface area contributed by atoms with Gasteiger partial charge in [0.25, 0.3) is 0 Å². The molecular weight excluding hydrogens is 404 g/mol. The maximum absolute atomic E-state index is 12.5. The monoisotopic (exact) mass is 428 g/mol. The normalized spacial score (nSPS) is 17.2. The lowest BCUT2D eigenvalue weighted by Gasteiger charge is -2.29. The summed E-state index contributed by atoms with van der Waals surface area (Å²) in [6.45, 7) is 1.85. The molecule has 30 heavy (non-hydrogen) atoms. The molecule has 3 rings (SSSR count). The summed E-state index contributed by atoms with van der Waals surface area (Å²) in [6.07, 6.45) is -1.42. The van der Waals surface area contributed by atoms with E-state index in [-0.39, 0.29) is 23.7 Å². The molecule has 1 aliphatic rings. The second-order valence-corrected chi connectivity index (χ2v) is 7.72. The number of hydrogen-bond acceptors (Lipinski definition) is 7. The Morgan fingerprint density at radius 1 is 1.17 bits per heavy atom. The van der Waals surface area contributed by atoms with Gasteiger partial charge in [-0.15, -0.1) is 11.8 Å². The van der Waals surface area contributed by atoms with Crippen molar-refractivity contribution >= 4 is 23.7 Å². The smallest absolute Gasteiger partial charge is 0.351 e. The number of carbonyl (C=O) groups excluding carboxylic acids is 2. The summed E-state index contributed by atoms with van der Waals surface area (Å²) < 4.78 is 16.3. The molecule has 0 aromatic heterocycles. The van der Waals surface area contributed by atoms with Crippen molar-refractivity contribution < 1.29 is 28.9 Å². The van der Waals surface area contributed by atoms with Crippen LogP contribution in [0, 0.1) is 0 Å². The summed E-state index contributed by atoms with van der Waals surface area (Å²) in [5.74, 6) is -0.344. The molecule has 158 valence electrons. The van der Waals surface area contributed by atoms with Gasteiger partial charge in [0.05, 0.1) is 6.61 Å². The summed E-state index contributed by atoms with van der Waals surface area (Å²) in [6, 6.07) is 18.6. The maximum atomic E-state index is 12.5. The van der Waals surface area contributed by atoms with Crippen molar-refractivity contribution in [3.63, 3.8) is 0 Å². The minimum absolute atomic E-state index is 0.0181. The molecule has 1 N–H and O–H groups in total. The van der Waals surface area contributed by atoms with Crippen LogP contribution in [0.1, 0.15) is 18.9 Å². The Bertz CT molecular complexity index is 881. The van der Waals surface area contributed by atoms with E-state index in [4.69, 9.17) is 14.2 Å². The number of thioether (sulfide) groups is 1. The Morgan fingerprint density at radius 2 is 1.83 bits per heavy atom. The molecule has 0 amide bonds. The molecule has 2 aromatic carbocycles. The molecule has 0 saturated heterocycles. The van der Waals surface area contributed by atoms with Crippen molar-refractivity contribution in [3.05, 3.63) is 76.9 Å². The van der Waals surface area contributed by atoms with Crippen LogP contribution >= 0.6 is 11.8 Å². The van der Waals surface area contributed by atoms with E-state index in [0.29, 0.717) is 11.5 Å². The van der Waals surface area contributed by atoms with Crippen molar-refractivity contribution in [2.75, 3.05) is 12.4 Å². The van der Waals surface area contributed by atoms with Gasteiger partial charge in [-0.2, -0.15) is 0 Å². The van der Waals surface area contributed by atoms with E-state index in [9.17, 15) is 14.7 Å². The van der Waals surface area contributed by atoms with E-state index in [2.05, 4.69) is 0 Å². The first-order valence-electron chi connectivity index (χ1n) is 9.76. The molecule has 2 atom stereocenters. The van der Waals surface area contributed by atoms with Crippen molar-refractivity contribution in [1.82, 2.24) is 0 Å². The topological polar surface area (TPSA) is 82.1 Å². The van der Waals surface area contributed by atoms with Crippen LogP contribution in [0.15, 0.2) is 71.3 Å². The number of ether oxygens (including phenoxy) is 3. The lowest BCUT2D eigenvalue weighted by atomic mass is 10.1. The molecule has 1 heterocycles. The molecule has 2 aromatic rings. The average molecular weight is 429 g/mol. The Kier molecular flexibility index (Phi) is 7.79. The summed E-state index contributed by atoms with van der Waals surface area (Å²) in [5, 5.41) is 10.5. The highest BCUT2D eigenvalue weighted by Crippen LogP contribution is 2.31. The van der Waals surface area contributed by atoms with E-state index >= 15 is 0 Å². The van der Waals surface area contributed by atoms with Crippen LogP contribution in [0.2, 0.25) is 0 Å². The second kappa shape index (κ2) is 10.7. The summed E-state index contributed by atoms with van der Waals surface area (Å²) in [7, 11) is 0. The van der Waals surface area contributed by atoms with Crippen molar-refractivity contribution in [3.8, 4) is 5.75 Å². The third-order valence-electron chi connectivity index (χ3n) is 4.44. The van der Waals surface area contributed by atoms with E-state index in [1.165, 1.54) is 11.8 Å². The average Bonchev–Trinajstić information content (AvgIpc) is 2.75. The van der Waals surface area contributed by atoms with Crippen LogP contribution in [0.3, 0.4) is 0 Å². The number of aryl methyl sites for hydroxylation is 1. The Hall–Kier alpha value is -2.93. The number of benzene rings is 2. The van der Waals surface area contributed by atoms with E-state index in [0.717, 1.165) is 12.0 Å². The van der Waals surface area contributed by atoms with Gasteiger partial charge in [-0.25, -0.2) is 9.59 Å². The molecule has 7 heteroatoms. The van der Waals surface area contributed by atoms with Crippen molar-refractivity contribution in [2.24, 2.45) is 0 Å². The summed E-state index contributed by atoms with van der Waals surface area (Å²) in [5.41, 5.74) is 1.14. The Morgan fingerprint density at radius 3 is 2.47 bits per heavy atom. The van der Waals surface area contributed by atoms with Gasteiger partial charge in [-0.05, 0) is 31.0 Å². The van der Waals surface area contributed by atoms with Crippen LogP contribution in [0.4, 0.5) is 0 Å². The molecule has 0 spiro atoms. The minimum atomic E-state index is -1.17. The molecule has 0 bridgehead atoms. The Labute approximate surface area is 179 Å². The molecule has 0 radical (unpaired) electrons. The SMILES string of the molecule is CCOC(=O)C(Oc1ccccc1)C1CC(O)=C(SCCc2ccccc2)C(=O)O1. The quantitative estimate of drug-likeness (QED) is 0.603. The van der Waals surface area contributed by atoms with Gasteiger partial charge in [0.15, 0.2) is 6.10 Å². The predicted molar refractivity (Wildman–Crippen MR) is 114 cm³/mol. The molecule has 2 unspecified atom stereocenters. The first-order chi connectivity index (χ1) is 14.6. The molecular formula is C23H24O6S. The van der Waals surface area contributed by atoms with Gasteiger partial charge in [0.1, 0.15) is 16.4 Å². The fourth-order valence-corrected chi connectivity index (χ4v) is 3.96. The van der Waals surface area contributed by atoms with Gasteiger partial charge < -0.3 is 19.3 Å². The van der Waals surface area contributed by atoms with Gasteiger partial charge in [0, 0.05) is 12.2 Å². The number of cyclic esters (lactones) is 1. The van der Waals surface area contributed by atoms with Gasteiger partial charge in [-0.3, -0.25) is 0 Å². The van der Waals surface area contributed by atoms with Crippen LogP contribution in [-0.2, 0) is 25.5 Å². The molecule has 0 aliphatic carbocycles. The van der Waals surface area contributed by atoms with E-state index in [1.807, 2.05) is 36.4 Å². The standard InChI is InChI=1S/C23H24O6S/c1-2-27-22(25)20(28-17-11-7-4-8-12-17)19-15-18(24)21(23(26)29-19)30-14-13-16-9-5-3-6-10-16/h3-12,19-20,24H,2,13-15H2,1H3. The number of aliphatic hydroxyl groups excluding tert-OH is 1. The molecule has 0 saturated carbocycles. The molecule has 6 nitrogen and oxygen atoms in total. The zero-order chi connectivity index (χ0) is 21.3. The number of hydrogen-bond donors (Lipinski definition) is 1. The van der Waals surface area contributed by atoms with Crippen LogP contribution in [-0.4, -0.2) is 41.6 Å². The van der Waals surface area contributed by atoms with Gasteiger partial charge in [0.2, 0.25) is 6.10 Å². The van der Waals surface area contributed by atoms with E-state index < -0.39 is 24.1 Å². The van der Waals surface area contributed by atoms with E-state index in [1.54, 1.807) is 31.2 Å². The predicted octanol–water partition coefficient (Wildman–Crippen LogP) is 4.06. The number of rotatable bonds is 9. The van der Waals surface area contributed by atoms with Gasteiger partial charge in [-0.1, -0.05) is 48.5 Å². The lowest BCUT2D eigenvalue weighted by Crippen LogP contribution is -2.45. The Balaban J connectivity index is 1.68. The molecule has 1 aliphatic heterocycles. The zero-order valence-electron chi connectivity index (χ0n) is 16.7. The largest absolute Gasteiger partial charge is 0.511 e. The minimum Gasteiger partial charge on any atom is -0.511 e. The lowest BCUT2D eigenvalue weighted by molar-refractivity contribution is -0.166. The highest BCUT2D eigenvalue weighted by molar-refractivity contribution is 8.04. The third kappa shape index (κ3) is 5.79. The van der Waals surface area contributed by atoms with Crippen molar-refractivity contribution in [2.45, 2.75) is 32.0 Å². The third-order valence-corrected chi connectivity index (χ3v) is 5.54. The van der Waals surface area contributed by atoms with Crippen molar-refractivity contribution in [1.29, 1.82) is 0 Å². The summed E-state index contributed by atoms with van der Waals surface area (Å²) >= 11 is 1.24. The second-order valence-electron chi connectivity index (χ2n) is 6.61. The fourth-order valence-electron chi connectivity index (χ4n) is 3.01. The number of carbonyl (C=O) groups is 2. The highest BCUT2D eigenvalue weighted by atomic mass is 32.2. The van der Waals surface area contributed by atoms with Crippen LogP contribution < -0.4 is 4.74 Å². The van der Waals surface area contributed by atoms with Gasteiger partial charge >= 0.3 is 11.9 Å². The first kappa shape index (κ1) is 21.8. The fraction of sp³-hybridized carbons (Fsp3) is 0.304. The number of esters is 2. The first-order valence-corrected chi connectivity index (χ1v) is 10.7.